The molecule has 0 heterocycles. The second kappa shape index (κ2) is 56.1. The molecule has 0 saturated heterocycles. The van der Waals surface area contributed by atoms with Crippen LogP contribution in [0.4, 0.5) is 0 Å². The number of esters is 1. The highest BCUT2D eigenvalue weighted by Gasteiger charge is 2.31. The third-order valence-corrected chi connectivity index (χ3v) is 15.4. The minimum Gasteiger partial charge on any atom is -0.481 e. The minimum atomic E-state index is -0.851. The number of aliphatic hydroxyl groups excluding tert-OH is 1. The Balaban J connectivity index is -0.000000113. The topological polar surface area (TPSA) is 203 Å². The Labute approximate surface area is 521 Å². The molecule has 5 aliphatic carbocycles. The number of Topliss-reactive ketones (excluding diaryl/α,β-unsaturated/α-hetero) is 7. The first-order chi connectivity index (χ1) is 35.8. The van der Waals surface area contributed by atoms with E-state index in [1.54, 1.807) is 27.7 Å². The van der Waals surface area contributed by atoms with Gasteiger partial charge in [-0.05, 0) is 147 Å². The fourth-order valence-electron chi connectivity index (χ4n) is 11.5. The molecule has 0 aromatic heterocycles. The monoisotopic (exact) mass is 1200 g/mol. The highest BCUT2D eigenvalue weighted by atomic mass is 16.5. The lowest BCUT2D eigenvalue weighted by molar-refractivity contribution is -0.150. The molecular weight excluding hydrogens is 1060 g/mol. The van der Waals surface area contributed by atoms with Gasteiger partial charge in [0.15, 0.2) is 5.78 Å². The summed E-state index contributed by atoms with van der Waals surface area (Å²) in [4.78, 5) is 97.8. The van der Waals surface area contributed by atoms with Gasteiger partial charge in [-0.2, -0.15) is 0 Å². The van der Waals surface area contributed by atoms with E-state index in [1.807, 2.05) is 20.8 Å². The molecule has 0 amide bonds. The zero-order valence-corrected chi connectivity index (χ0v) is 51.9. The van der Waals surface area contributed by atoms with Crippen LogP contribution < -0.4 is 0 Å². The fraction of sp³-hybridized carbons (Fsp3) is 0.875. The molecule has 5 atom stereocenters. The second-order valence-corrected chi connectivity index (χ2v) is 26.4. The molecule has 0 aliphatic heterocycles. The van der Waals surface area contributed by atoms with E-state index in [4.69, 9.17) is 9.84 Å². The lowest BCUT2D eigenvalue weighted by Crippen LogP contribution is -2.29. The number of aliphatic hydroxyl groups is 1. The molecule has 0 radical (unpaired) electrons. The van der Waals surface area contributed by atoms with Crippen LogP contribution in [0.25, 0.3) is 0 Å². The van der Waals surface area contributed by atoms with Gasteiger partial charge in [0, 0.05) is 31.1 Å². The fourth-order valence-corrected chi connectivity index (χ4v) is 11.5. The van der Waals surface area contributed by atoms with Gasteiger partial charge in [0.1, 0.15) is 40.8 Å². The van der Waals surface area contributed by atoms with E-state index in [-0.39, 0.29) is 128 Å². The lowest BCUT2D eigenvalue weighted by Gasteiger charge is -2.28. The van der Waals surface area contributed by atoms with E-state index in [9.17, 15) is 48.3 Å². The first-order valence-corrected chi connectivity index (χ1v) is 30.3. The number of aliphatic carboxylic acids is 1. The highest BCUT2D eigenvalue weighted by Crippen LogP contribution is 2.35. The number of rotatable bonds is 16. The van der Waals surface area contributed by atoms with E-state index in [2.05, 4.69) is 27.7 Å². The minimum absolute atomic E-state index is 0. The maximum absolute atomic E-state index is 11.9. The van der Waals surface area contributed by atoms with Crippen molar-refractivity contribution in [3.8, 4) is 0 Å². The van der Waals surface area contributed by atoms with Gasteiger partial charge < -0.3 is 34.1 Å². The molecular formula is C72H144O12. The molecule has 0 bridgehead atoms. The molecule has 504 valence electrons. The Morgan fingerprint density at radius 3 is 1.05 bits per heavy atom. The number of carbonyl (C=O) groups is 9. The summed E-state index contributed by atoms with van der Waals surface area (Å²) in [6, 6.07) is 0. The molecule has 0 aromatic rings. The molecule has 0 aromatic carbocycles. The molecule has 1 unspecified atom stereocenters. The number of carboxylic acids is 1. The van der Waals surface area contributed by atoms with Crippen molar-refractivity contribution in [2.75, 3.05) is 6.61 Å². The summed E-state index contributed by atoms with van der Waals surface area (Å²) in [5.74, 6) is 2.99. The normalized spacial score (nSPS) is 18.8. The third kappa shape index (κ3) is 57.7. The van der Waals surface area contributed by atoms with E-state index < -0.39 is 12.1 Å². The number of ether oxygens (including phenoxy) is 1. The van der Waals surface area contributed by atoms with Crippen molar-refractivity contribution in [3.63, 3.8) is 0 Å². The smallest absolute Gasteiger partial charge is 0.306 e. The number of ketones is 7. The average Bonchev–Trinajstić information content (AvgIpc) is 3.33. The summed E-state index contributed by atoms with van der Waals surface area (Å²) in [5, 5.41) is 18.1. The van der Waals surface area contributed by atoms with Crippen LogP contribution in [0.1, 0.15) is 342 Å². The van der Waals surface area contributed by atoms with E-state index in [1.165, 1.54) is 130 Å². The molecule has 12 heteroatoms. The summed E-state index contributed by atoms with van der Waals surface area (Å²) in [7, 11) is 0. The van der Waals surface area contributed by atoms with E-state index in [0.717, 1.165) is 76.0 Å². The summed E-state index contributed by atoms with van der Waals surface area (Å²) < 4.78 is 5.29. The molecule has 5 saturated carbocycles. The van der Waals surface area contributed by atoms with E-state index >= 15 is 0 Å². The Kier molecular flexibility index (Phi) is 66.6. The Hall–Kier alpha value is -3.41. The van der Waals surface area contributed by atoms with Crippen LogP contribution in [0, 0.1) is 58.2 Å². The number of carboxylic acid groups (broad SMARTS) is 1. The van der Waals surface area contributed by atoms with Crippen molar-refractivity contribution in [1.29, 1.82) is 0 Å². The van der Waals surface area contributed by atoms with Gasteiger partial charge in [0.2, 0.25) is 0 Å². The Morgan fingerprint density at radius 1 is 0.429 bits per heavy atom. The standard InChI is InChI=1S/C16H28O3.C11H18O3.C10H18O.C9H16O2.C9H16O.C7H14O.C3H6O.7CH4/c1-12(17)14(13-8-6-5-7-9-13)10-15(18)19-11-16(2,3)4;1-8(12)10(7-11(13)14)9-5-3-2-4-6-9;1-8-5-3-4-6-10(8)7-9(2)11;1-7(10)9(11)8-5-3-2-4-6-8;1-8(10)7-9-5-3-2-4-6-9;1-6(8)5-7(2,3)4;1-3(2)4;;;;;;;/h13-14H,5-11H2,1-4H3;9-10H,2-7H2,1H3,(H,13,14);8,10H,3-7H2,1-2H3;8-9,11H,2-6H2,1H3;9H,2-7H2,1H3;5H2,1-4H3;1-2H3;7*1H4/t14-;10-;8-,10?;9-;;;;;;;;;;/m1101........../s1. The van der Waals surface area contributed by atoms with Gasteiger partial charge in [-0.15, -0.1) is 0 Å². The SMILES string of the molecule is C.C.C.C.C.C.C.CC(=O)CC(C)(C)C.CC(=O)CC1CCCCC1.CC(=O)CC1CCCC[C@@H]1C.CC(=O)[C@@H](CC(=O)O)C1CCCCC1.CC(=O)[C@@H](CC(=O)OCC(C)(C)C)C1CCCCC1.CC(=O)[C@@H](O)C1CCCCC1.CC(C)=O. The molecule has 84 heavy (non-hydrogen) atoms. The van der Waals surface area contributed by atoms with Gasteiger partial charge in [-0.3, -0.25) is 24.0 Å². The zero-order valence-electron chi connectivity index (χ0n) is 51.9. The molecule has 5 aliphatic rings. The summed E-state index contributed by atoms with van der Waals surface area (Å²) in [6.45, 7) is 27.7. The number of hydrogen-bond acceptors (Lipinski definition) is 11. The van der Waals surface area contributed by atoms with Crippen molar-refractivity contribution < 1.29 is 58.1 Å². The summed E-state index contributed by atoms with van der Waals surface area (Å²) >= 11 is 0. The molecule has 5 fully saturated rings. The van der Waals surface area contributed by atoms with Crippen LogP contribution in [0.5, 0.6) is 0 Å². The number of carbonyl (C=O) groups excluding carboxylic acids is 8. The van der Waals surface area contributed by atoms with Crippen molar-refractivity contribution in [2.24, 2.45) is 58.2 Å². The van der Waals surface area contributed by atoms with Crippen molar-refractivity contribution >= 4 is 52.4 Å². The summed E-state index contributed by atoms with van der Waals surface area (Å²) in [6.07, 6.45) is 30.9. The van der Waals surface area contributed by atoms with Gasteiger partial charge in [-0.1, -0.05) is 210 Å². The molecule has 12 nitrogen and oxygen atoms in total. The van der Waals surface area contributed by atoms with Crippen LogP contribution in [-0.2, 0) is 47.9 Å². The Bertz CT molecular complexity index is 1690. The number of hydrogen-bond donors (Lipinski definition) is 2. The maximum atomic E-state index is 11.9. The predicted octanol–water partition coefficient (Wildman–Crippen LogP) is 19.9. The largest absolute Gasteiger partial charge is 0.481 e. The van der Waals surface area contributed by atoms with Crippen LogP contribution in [0.15, 0.2) is 0 Å². The van der Waals surface area contributed by atoms with Crippen LogP contribution in [0.2, 0.25) is 0 Å². The van der Waals surface area contributed by atoms with Crippen LogP contribution in [-0.4, -0.2) is 75.3 Å². The van der Waals surface area contributed by atoms with Gasteiger partial charge in [-0.25, -0.2) is 0 Å². The van der Waals surface area contributed by atoms with Crippen LogP contribution in [0.3, 0.4) is 0 Å². The van der Waals surface area contributed by atoms with Gasteiger partial charge in [0.25, 0.3) is 0 Å². The highest BCUT2D eigenvalue weighted by molar-refractivity contribution is 5.84. The maximum Gasteiger partial charge on any atom is 0.306 e. The molecule has 0 spiro atoms. The first kappa shape index (κ1) is 99.6. The molecule has 5 rings (SSSR count). The van der Waals surface area contributed by atoms with Crippen LogP contribution >= 0.6 is 0 Å². The van der Waals surface area contributed by atoms with Gasteiger partial charge >= 0.3 is 11.9 Å². The van der Waals surface area contributed by atoms with E-state index in [0.29, 0.717) is 42.3 Å². The predicted molar refractivity (Wildman–Crippen MR) is 359 cm³/mol. The van der Waals surface area contributed by atoms with Crippen molar-refractivity contribution in [1.82, 2.24) is 0 Å². The third-order valence-electron chi connectivity index (χ3n) is 15.4. The molecule has 2 N–H and O–H groups in total. The zero-order chi connectivity index (χ0) is 59.3. The van der Waals surface area contributed by atoms with Crippen molar-refractivity contribution in [2.45, 2.75) is 348 Å². The lowest BCUT2D eigenvalue weighted by atomic mass is 9.77. The summed E-state index contributed by atoms with van der Waals surface area (Å²) in [5.41, 5.74) is 0.151. The first-order valence-electron chi connectivity index (χ1n) is 30.3. The average molecular weight is 1200 g/mol. The second-order valence-electron chi connectivity index (χ2n) is 26.4. The van der Waals surface area contributed by atoms with Gasteiger partial charge in [0.05, 0.1) is 19.4 Å². The Morgan fingerprint density at radius 2 is 0.762 bits per heavy atom. The van der Waals surface area contributed by atoms with Crippen molar-refractivity contribution in [3.05, 3.63) is 0 Å². The quantitative estimate of drug-likeness (QED) is 0.139.